The monoisotopic (exact) mass is 267 g/mol. The molecule has 0 spiro atoms. The molecule has 2 heterocycles. The van der Waals surface area contributed by atoms with E-state index in [9.17, 15) is 4.79 Å². The molecule has 1 N–H and O–H groups in total. The lowest BCUT2D eigenvalue weighted by Gasteiger charge is -2.29. The highest BCUT2D eigenvalue weighted by Gasteiger charge is 2.18. The van der Waals surface area contributed by atoms with E-state index in [0.717, 1.165) is 32.6 Å². The average molecular weight is 267 g/mol. The molecule has 2 rings (SSSR count). The van der Waals surface area contributed by atoms with Gasteiger partial charge in [-0.3, -0.25) is 9.69 Å². The van der Waals surface area contributed by atoms with Crippen LogP contribution in [0.4, 0.5) is 0 Å². The van der Waals surface area contributed by atoms with Gasteiger partial charge in [-0.25, -0.2) is 0 Å². The van der Waals surface area contributed by atoms with E-state index in [2.05, 4.69) is 15.5 Å². The maximum Gasteiger partial charge on any atom is 0.236 e. The highest BCUT2D eigenvalue weighted by Crippen LogP contribution is 2.02. The van der Waals surface area contributed by atoms with Gasteiger partial charge < -0.3 is 14.7 Å². The van der Waals surface area contributed by atoms with Crippen LogP contribution in [0.1, 0.15) is 18.6 Å². The Morgan fingerprint density at radius 1 is 1.47 bits per heavy atom. The van der Waals surface area contributed by atoms with Gasteiger partial charge in [0.1, 0.15) is 0 Å². The van der Waals surface area contributed by atoms with E-state index in [0.29, 0.717) is 24.8 Å². The predicted molar refractivity (Wildman–Crippen MR) is 69.5 cm³/mol. The smallest absolute Gasteiger partial charge is 0.236 e. The molecule has 19 heavy (non-hydrogen) atoms. The minimum Gasteiger partial charge on any atom is -0.339 e. The standard InChI is InChI=1S/C12H21N5O2/c1-3-11-14-10(15-19-11)8-16(2)9-12(18)17-6-4-13-5-7-17/h13H,3-9H2,1-2H3. The van der Waals surface area contributed by atoms with Crippen LogP contribution in [-0.2, 0) is 17.8 Å². The van der Waals surface area contributed by atoms with Crippen molar-refractivity contribution in [1.82, 2.24) is 25.3 Å². The summed E-state index contributed by atoms with van der Waals surface area (Å²) in [6.07, 6.45) is 0.733. The van der Waals surface area contributed by atoms with Crippen molar-refractivity contribution in [1.29, 1.82) is 0 Å². The fraction of sp³-hybridized carbons (Fsp3) is 0.750. The van der Waals surface area contributed by atoms with Crippen LogP contribution >= 0.6 is 0 Å². The first-order chi connectivity index (χ1) is 9.19. The first-order valence-corrected chi connectivity index (χ1v) is 6.67. The van der Waals surface area contributed by atoms with Gasteiger partial charge in [0.25, 0.3) is 0 Å². The number of aromatic nitrogens is 2. The highest BCUT2D eigenvalue weighted by atomic mass is 16.5. The van der Waals surface area contributed by atoms with Crippen molar-refractivity contribution in [2.24, 2.45) is 0 Å². The molecule has 1 saturated heterocycles. The Morgan fingerprint density at radius 2 is 2.21 bits per heavy atom. The quantitative estimate of drug-likeness (QED) is 0.775. The number of hydrogen-bond donors (Lipinski definition) is 1. The predicted octanol–water partition coefficient (Wildman–Crippen LogP) is -0.504. The van der Waals surface area contributed by atoms with E-state index in [4.69, 9.17) is 4.52 Å². The van der Waals surface area contributed by atoms with Gasteiger partial charge in [0, 0.05) is 32.6 Å². The molecule has 0 radical (unpaired) electrons. The van der Waals surface area contributed by atoms with Gasteiger partial charge in [-0.2, -0.15) is 4.98 Å². The van der Waals surface area contributed by atoms with Crippen molar-refractivity contribution in [2.45, 2.75) is 19.9 Å². The number of rotatable bonds is 5. The lowest BCUT2D eigenvalue weighted by molar-refractivity contribution is -0.132. The summed E-state index contributed by atoms with van der Waals surface area (Å²) in [5, 5.41) is 7.12. The van der Waals surface area contributed by atoms with Gasteiger partial charge in [0.2, 0.25) is 11.8 Å². The van der Waals surface area contributed by atoms with Crippen LogP contribution in [0.5, 0.6) is 0 Å². The van der Waals surface area contributed by atoms with E-state index >= 15 is 0 Å². The largest absolute Gasteiger partial charge is 0.339 e. The molecule has 1 aromatic rings. The number of likely N-dealkylation sites (N-methyl/N-ethyl adjacent to an activating group) is 1. The summed E-state index contributed by atoms with van der Waals surface area (Å²) in [6.45, 7) is 6.20. The van der Waals surface area contributed by atoms with Gasteiger partial charge in [-0.05, 0) is 7.05 Å². The molecule has 7 nitrogen and oxygen atoms in total. The van der Waals surface area contributed by atoms with E-state index in [-0.39, 0.29) is 5.91 Å². The molecule has 0 unspecified atom stereocenters. The summed E-state index contributed by atoms with van der Waals surface area (Å²) < 4.78 is 5.04. The summed E-state index contributed by atoms with van der Waals surface area (Å²) >= 11 is 0. The van der Waals surface area contributed by atoms with Crippen LogP contribution in [0, 0.1) is 0 Å². The van der Waals surface area contributed by atoms with Crippen LogP contribution < -0.4 is 5.32 Å². The van der Waals surface area contributed by atoms with Crippen LogP contribution in [0.15, 0.2) is 4.52 Å². The fourth-order valence-electron chi connectivity index (χ4n) is 2.04. The number of hydrogen-bond acceptors (Lipinski definition) is 6. The highest BCUT2D eigenvalue weighted by molar-refractivity contribution is 5.78. The third kappa shape index (κ3) is 4.00. The van der Waals surface area contributed by atoms with Crippen LogP contribution in [0.2, 0.25) is 0 Å². The number of piperazine rings is 1. The molecular weight excluding hydrogens is 246 g/mol. The zero-order valence-corrected chi connectivity index (χ0v) is 11.6. The molecule has 1 aromatic heterocycles. The van der Waals surface area contributed by atoms with E-state index in [1.165, 1.54) is 0 Å². The second-order valence-corrected chi connectivity index (χ2v) is 4.76. The van der Waals surface area contributed by atoms with Crippen LogP contribution in [0.3, 0.4) is 0 Å². The number of carbonyl (C=O) groups excluding carboxylic acids is 1. The fourth-order valence-corrected chi connectivity index (χ4v) is 2.04. The second-order valence-electron chi connectivity index (χ2n) is 4.76. The van der Waals surface area contributed by atoms with E-state index < -0.39 is 0 Å². The molecule has 106 valence electrons. The Bertz CT molecular complexity index is 414. The van der Waals surface area contributed by atoms with E-state index in [1.54, 1.807) is 0 Å². The molecule has 0 saturated carbocycles. The zero-order valence-electron chi connectivity index (χ0n) is 11.6. The number of carbonyl (C=O) groups is 1. The molecular formula is C12H21N5O2. The number of amides is 1. The number of aryl methyl sites for hydroxylation is 1. The first-order valence-electron chi connectivity index (χ1n) is 6.67. The minimum absolute atomic E-state index is 0.156. The Balaban J connectivity index is 1.79. The maximum absolute atomic E-state index is 12.1. The normalized spacial score (nSPS) is 16.1. The molecule has 0 bridgehead atoms. The Morgan fingerprint density at radius 3 is 2.84 bits per heavy atom. The van der Waals surface area contributed by atoms with Crippen molar-refractivity contribution in [3.63, 3.8) is 0 Å². The maximum atomic E-state index is 12.1. The molecule has 1 aliphatic heterocycles. The Kier molecular flexibility index (Phi) is 4.86. The van der Waals surface area contributed by atoms with Gasteiger partial charge >= 0.3 is 0 Å². The van der Waals surface area contributed by atoms with Crippen molar-refractivity contribution < 1.29 is 9.32 Å². The van der Waals surface area contributed by atoms with Gasteiger partial charge in [-0.15, -0.1) is 0 Å². The van der Waals surface area contributed by atoms with E-state index in [1.807, 2.05) is 23.8 Å². The van der Waals surface area contributed by atoms with Crippen LogP contribution in [0.25, 0.3) is 0 Å². The third-order valence-electron chi connectivity index (χ3n) is 3.10. The van der Waals surface area contributed by atoms with Crippen LogP contribution in [-0.4, -0.2) is 65.6 Å². The van der Waals surface area contributed by atoms with Gasteiger partial charge in [-0.1, -0.05) is 12.1 Å². The minimum atomic E-state index is 0.156. The second kappa shape index (κ2) is 6.63. The van der Waals surface area contributed by atoms with Gasteiger partial charge in [0.15, 0.2) is 5.82 Å². The van der Waals surface area contributed by atoms with Gasteiger partial charge in [0.05, 0.1) is 13.1 Å². The molecule has 1 aliphatic rings. The summed E-state index contributed by atoms with van der Waals surface area (Å²) in [5.74, 6) is 1.42. The summed E-state index contributed by atoms with van der Waals surface area (Å²) in [7, 11) is 1.89. The molecule has 1 amide bonds. The zero-order chi connectivity index (χ0) is 13.7. The third-order valence-corrected chi connectivity index (χ3v) is 3.10. The Hall–Kier alpha value is -1.47. The summed E-state index contributed by atoms with van der Waals surface area (Å²) in [5.41, 5.74) is 0. The Labute approximate surface area is 112 Å². The van der Waals surface area contributed by atoms with Crippen molar-refractivity contribution in [3.05, 3.63) is 11.7 Å². The van der Waals surface area contributed by atoms with Crippen molar-refractivity contribution in [3.8, 4) is 0 Å². The van der Waals surface area contributed by atoms with Crippen molar-refractivity contribution in [2.75, 3.05) is 39.8 Å². The topological polar surface area (TPSA) is 74.5 Å². The summed E-state index contributed by atoms with van der Waals surface area (Å²) in [4.78, 5) is 20.1. The molecule has 1 fully saturated rings. The SMILES string of the molecule is CCc1nc(CN(C)CC(=O)N2CCNCC2)no1. The molecule has 0 atom stereocenters. The molecule has 0 aromatic carbocycles. The first kappa shape index (κ1) is 14.0. The molecule has 0 aliphatic carbocycles. The number of nitrogens with one attached hydrogen (secondary N) is 1. The molecule has 7 heteroatoms. The van der Waals surface area contributed by atoms with Crippen molar-refractivity contribution >= 4 is 5.91 Å². The summed E-state index contributed by atoms with van der Waals surface area (Å²) in [6, 6.07) is 0. The average Bonchev–Trinajstić information content (AvgIpc) is 2.87. The lowest BCUT2D eigenvalue weighted by atomic mass is 10.3. The lowest BCUT2D eigenvalue weighted by Crippen LogP contribution is -2.49. The number of nitrogens with zero attached hydrogens (tertiary/aromatic N) is 4.